The number of amides is 4. The molecule has 4 amide bonds. The molecule has 4 heterocycles. The Kier molecular flexibility index (Phi) is 18.1. The number of rotatable bonds is 4. The topological polar surface area (TPSA) is 242 Å². The van der Waals surface area contributed by atoms with Crippen LogP contribution in [0.5, 0.6) is 0 Å². The van der Waals surface area contributed by atoms with Gasteiger partial charge in [0.2, 0.25) is 23.6 Å². The molecule has 0 aromatic rings. The molecule has 42 heavy (non-hydrogen) atoms. The monoisotopic (exact) mass is 774 g/mol. The Labute approximate surface area is 267 Å². The molecule has 0 aromatic heterocycles. The number of hydrogen-bond acceptors (Lipinski definition) is 12. The average Bonchev–Trinajstić information content (AvgIpc) is 3.59. The summed E-state index contributed by atoms with van der Waals surface area (Å²) in [6.07, 6.45) is 2.86. The van der Waals surface area contributed by atoms with Gasteiger partial charge in [-0.15, -0.1) is 0 Å². The maximum Gasteiger partial charge on any atom is 2.00 e. The smallest absolute Gasteiger partial charge is 0.548 e. The van der Waals surface area contributed by atoms with Gasteiger partial charge in [-0.25, -0.2) is 0 Å². The zero-order chi connectivity index (χ0) is 30.9. The van der Waals surface area contributed by atoms with E-state index in [1.54, 1.807) is 0 Å². The zero-order valence-electron chi connectivity index (χ0n) is 23.3. The number of carboxylic acids is 4. The van der Waals surface area contributed by atoms with Gasteiger partial charge in [0, 0.05) is 53.9 Å². The van der Waals surface area contributed by atoms with Crippen LogP contribution in [0.15, 0.2) is 0 Å². The van der Waals surface area contributed by atoms with Crippen molar-refractivity contribution in [3.05, 3.63) is 0 Å². The van der Waals surface area contributed by atoms with Gasteiger partial charge >= 0.3 is 39.0 Å². The molecule has 2 radical (unpaired) electrons. The Hall–Kier alpha value is -2.99. The summed E-state index contributed by atoms with van der Waals surface area (Å²) in [6.45, 7) is 0. The summed E-state index contributed by atoms with van der Waals surface area (Å²) in [5.74, 6) is -5.10. The molecule has 18 heteroatoms. The zero-order valence-corrected chi connectivity index (χ0v) is 26.6. The predicted octanol–water partition coefficient (Wildman–Crippen LogP) is -6.58. The first-order chi connectivity index (χ1) is 18.5. The Morgan fingerprint density at radius 3 is 0.643 bits per heavy atom. The van der Waals surface area contributed by atoms with E-state index in [9.17, 15) is 58.8 Å². The predicted molar refractivity (Wildman–Crippen MR) is 123 cm³/mol. The van der Waals surface area contributed by atoms with Gasteiger partial charge < -0.3 is 59.2 Å². The second-order valence-electron chi connectivity index (χ2n) is 9.51. The molecule has 4 atom stereocenters. The van der Waals surface area contributed by atoms with Crippen LogP contribution in [0.1, 0.15) is 51.4 Å². The van der Waals surface area contributed by atoms with Crippen LogP contribution in [-0.2, 0) is 77.3 Å². The van der Waals surface area contributed by atoms with Crippen LogP contribution in [-0.4, -0.2) is 119 Å². The SMILES string of the molecule is CN1C(=O)CC[C@@H]1C(=O)[O-].CN1C(=O)CC[C@@H]1C(=O)[O-].CN1C(=O)CC[C@@H]1C(=O)[O-].CN1C(=O)CC[C@@H]1C(=O)[O-].[Rh+2].[Rh+2]. The van der Waals surface area contributed by atoms with Crippen LogP contribution in [0.4, 0.5) is 0 Å². The molecular formula is C24H32N4O12Rh2. The van der Waals surface area contributed by atoms with E-state index in [-0.39, 0.29) is 62.6 Å². The standard InChI is InChI=1S/4C6H9NO3.2Rh/c4*1-7-4(6(9)10)2-3-5(7)8;;/h4*4H,2-3H2,1H3,(H,9,10);;/q;;;;2*+2/p-4/t4*4-;;/m1111../s1. The van der Waals surface area contributed by atoms with Gasteiger partial charge in [0.25, 0.3) is 0 Å². The molecule has 0 aliphatic carbocycles. The van der Waals surface area contributed by atoms with Gasteiger partial charge in [0.1, 0.15) is 0 Å². The van der Waals surface area contributed by atoms with Crippen molar-refractivity contribution in [1.29, 1.82) is 0 Å². The molecule has 238 valence electrons. The molecule has 0 N–H and O–H groups in total. The number of hydrogen-bond donors (Lipinski definition) is 0. The molecular weight excluding hydrogens is 742 g/mol. The van der Waals surface area contributed by atoms with Gasteiger partial charge in [-0.05, 0) is 25.7 Å². The Morgan fingerprint density at radius 1 is 0.452 bits per heavy atom. The number of likely N-dealkylation sites (N-methyl/N-ethyl adjacent to an activating group) is 4. The van der Waals surface area contributed by atoms with Crippen LogP contribution in [0, 0.1) is 0 Å². The number of carbonyl (C=O) groups excluding carboxylic acids is 8. The molecule has 4 rings (SSSR count). The number of aliphatic carboxylic acids is 4. The molecule has 16 nitrogen and oxygen atoms in total. The van der Waals surface area contributed by atoms with Gasteiger partial charge in [-0.1, -0.05) is 0 Å². The van der Waals surface area contributed by atoms with Crippen LogP contribution >= 0.6 is 0 Å². The van der Waals surface area contributed by atoms with Gasteiger partial charge in [-0.3, -0.25) is 19.2 Å². The second kappa shape index (κ2) is 18.5. The van der Waals surface area contributed by atoms with Crippen molar-refractivity contribution < 1.29 is 97.7 Å². The third kappa shape index (κ3) is 11.4. The van der Waals surface area contributed by atoms with E-state index in [2.05, 4.69) is 0 Å². The molecule has 0 aromatic carbocycles. The summed E-state index contributed by atoms with van der Waals surface area (Å²) in [5.41, 5.74) is 0. The fourth-order valence-corrected chi connectivity index (χ4v) is 4.32. The van der Waals surface area contributed by atoms with Crippen molar-refractivity contribution in [2.24, 2.45) is 0 Å². The molecule has 4 fully saturated rings. The number of carbonyl (C=O) groups is 8. The number of likely N-dealkylation sites (tertiary alicyclic amines) is 4. The van der Waals surface area contributed by atoms with E-state index in [4.69, 9.17) is 0 Å². The summed E-state index contributed by atoms with van der Waals surface area (Å²) >= 11 is 0. The average molecular weight is 774 g/mol. The number of carboxylic acid groups (broad SMARTS) is 4. The molecule has 0 unspecified atom stereocenters. The third-order valence-corrected chi connectivity index (χ3v) is 7.06. The van der Waals surface area contributed by atoms with Gasteiger partial charge in [-0.2, -0.15) is 0 Å². The minimum absolute atomic E-state index is 0. The van der Waals surface area contributed by atoms with E-state index in [0.29, 0.717) is 51.4 Å². The van der Waals surface area contributed by atoms with Crippen LogP contribution in [0.25, 0.3) is 0 Å². The first kappa shape index (κ1) is 41.1. The van der Waals surface area contributed by atoms with Gasteiger partial charge in [0.15, 0.2) is 0 Å². The molecule has 0 bridgehead atoms. The van der Waals surface area contributed by atoms with Crippen molar-refractivity contribution in [3.63, 3.8) is 0 Å². The summed E-state index contributed by atoms with van der Waals surface area (Å²) in [4.78, 5) is 88.8. The molecule has 4 aliphatic rings. The normalized spacial score (nSPS) is 24.3. The Bertz CT molecular complexity index is 883. The van der Waals surface area contributed by atoms with E-state index in [0.717, 1.165) is 0 Å². The second-order valence-corrected chi connectivity index (χ2v) is 9.51. The quantitative estimate of drug-likeness (QED) is 0.242. The largest absolute Gasteiger partial charge is 2.00 e. The minimum Gasteiger partial charge on any atom is -0.548 e. The van der Waals surface area contributed by atoms with Crippen molar-refractivity contribution in [1.82, 2.24) is 19.6 Å². The molecule has 0 saturated carbocycles. The Morgan fingerprint density at radius 2 is 0.595 bits per heavy atom. The maximum absolute atomic E-state index is 10.7. The van der Waals surface area contributed by atoms with E-state index >= 15 is 0 Å². The minimum atomic E-state index is -1.16. The molecule has 4 aliphatic heterocycles. The van der Waals surface area contributed by atoms with Crippen molar-refractivity contribution >= 4 is 47.5 Å². The fourth-order valence-electron chi connectivity index (χ4n) is 4.32. The summed E-state index contributed by atoms with van der Waals surface area (Å²) in [5, 5.41) is 41.0. The van der Waals surface area contributed by atoms with E-state index in [1.807, 2.05) is 0 Å². The van der Waals surface area contributed by atoms with Gasteiger partial charge in [0.05, 0.1) is 48.0 Å². The van der Waals surface area contributed by atoms with Crippen molar-refractivity contribution in [2.45, 2.75) is 75.5 Å². The number of nitrogens with zero attached hydrogens (tertiary/aromatic N) is 4. The summed E-state index contributed by atoms with van der Waals surface area (Å²) in [6, 6.07) is -2.81. The van der Waals surface area contributed by atoms with Crippen LogP contribution in [0.3, 0.4) is 0 Å². The van der Waals surface area contributed by atoms with Crippen LogP contribution < -0.4 is 20.4 Å². The van der Waals surface area contributed by atoms with E-state index in [1.165, 1.54) is 47.8 Å². The third-order valence-electron chi connectivity index (χ3n) is 7.06. The Balaban J connectivity index is 0. The first-order valence-electron chi connectivity index (χ1n) is 12.4. The molecule has 4 saturated heterocycles. The summed E-state index contributed by atoms with van der Waals surface area (Å²) < 4.78 is 0. The molecule has 0 spiro atoms. The maximum atomic E-state index is 10.7. The van der Waals surface area contributed by atoms with Crippen molar-refractivity contribution in [2.75, 3.05) is 28.2 Å². The fraction of sp³-hybridized carbons (Fsp3) is 0.667. The van der Waals surface area contributed by atoms with Crippen molar-refractivity contribution in [3.8, 4) is 0 Å². The van der Waals surface area contributed by atoms with E-state index < -0.39 is 48.0 Å². The van der Waals surface area contributed by atoms with Crippen LogP contribution in [0.2, 0.25) is 0 Å². The first-order valence-corrected chi connectivity index (χ1v) is 12.4. The summed E-state index contributed by atoms with van der Waals surface area (Å²) in [7, 11) is 5.93.